The Morgan fingerprint density at radius 2 is 2.21 bits per heavy atom. The predicted octanol–water partition coefficient (Wildman–Crippen LogP) is 3.24. The summed E-state index contributed by atoms with van der Waals surface area (Å²) in [6, 6.07) is 7.51. The molecule has 0 bridgehead atoms. The fourth-order valence-electron chi connectivity index (χ4n) is 2.61. The first kappa shape index (κ1) is 17.0. The molecule has 24 heavy (non-hydrogen) atoms. The quantitative estimate of drug-likeness (QED) is 0.823. The van der Waals surface area contributed by atoms with Crippen LogP contribution in [0.2, 0.25) is 0 Å². The predicted molar refractivity (Wildman–Crippen MR) is 97.1 cm³/mol. The van der Waals surface area contributed by atoms with E-state index in [-0.39, 0.29) is 24.2 Å². The number of halogens is 1. The fourth-order valence-corrected chi connectivity index (χ4v) is 3.96. The van der Waals surface area contributed by atoms with E-state index in [1.54, 1.807) is 4.90 Å². The Bertz CT molecular complexity index is 764. The summed E-state index contributed by atoms with van der Waals surface area (Å²) in [7, 11) is 0. The Labute approximate surface area is 152 Å². The van der Waals surface area contributed by atoms with Crippen molar-refractivity contribution in [1.82, 2.24) is 10.2 Å². The van der Waals surface area contributed by atoms with Gasteiger partial charge >= 0.3 is 0 Å². The van der Waals surface area contributed by atoms with Gasteiger partial charge < -0.3 is 10.2 Å². The van der Waals surface area contributed by atoms with E-state index in [2.05, 4.69) is 38.4 Å². The molecule has 8 heteroatoms. The smallest absolute Gasteiger partial charge is 0.231 e. The molecule has 2 aromatic rings. The Hall–Kier alpha value is -1.80. The normalized spacial score (nSPS) is 17.3. The van der Waals surface area contributed by atoms with E-state index in [0.717, 1.165) is 28.0 Å². The van der Waals surface area contributed by atoms with Crippen LogP contribution in [0.5, 0.6) is 0 Å². The summed E-state index contributed by atoms with van der Waals surface area (Å²) >= 11 is 4.84. The van der Waals surface area contributed by atoms with Crippen molar-refractivity contribution in [3.8, 4) is 0 Å². The Kier molecular flexibility index (Phi) is 5.25. The maximum absolute atomic E-state index is 12.4. The van der Waals surface area contributed by atoms with Gasteiger partial charge in [0.15, 0.2) is 0 Å². The number of carbonyl (C=O) groups excluding carboxylic acids is 2. The first-order valence-electron chi connectivity index (χ1n) is 7.76. The molecule has 3 rings (SSSR count). The first-order valence-corrected chi connectivity index (χ1v) is 9.37. The zero-order valence-corrected chi connectivity index (χ0v) is 15.6. The van der Waals surface area contributed by atoms with E-state index >= 15 is 0 Å². The van der Waals surface area contributed by atoms with Crippen LogP contribution >= 0.6 is 27.3 Å². The van der Waals surface area contributed by atoms with Crippen LogP contribution < -0.4 is 10.2 Å². The lowest BCUT2D eigenvalue weighted by Crippen LogP contribution is -2.28. The number of carbonyl (C=O) groups is 2. The van der Waals surface area contributed by atoms with Crippen molar-refractivity contribution in [1.29, 1.82) is 0 Å². The number of aryl methyl sites for hydroxylation is 1. The van der Waals surface area contributed by atoms with Crippen molar-refractivity contribution in [2.24, 2.45) is 5.92 Å². The number of rotatable bonds is 5. The SMILES string of the molecule is CCCc1nnc(NC(=O)C2CC(=O)N(c3ccccc3Br)C2)s1. The number of hydrogen-bond acceptors (Lipinski definition) is 5. The summed E-state index contributed by atoms with van der Waals surface area (Å²) in [5.74, 6) is -0.619. The lowest BCUT2D eigenvalue weighted by atomic mass is 10.1. The molecule has 2 heterocycles. The second-order valence-corrected chi connectivity index (χ2v) is 7.51. The van der Waals surface area contributed by atoms with Crippen molar-refractivity contribution in [3.05, 3.63) is 33.7 Å². The van der Waals surface area contributed by atoms with Gasteiger partial charge in [0, 0.05) is 23.9 Å². The summed E-state index contributed by atoms with van der Waals surface area (Å²) in [6.07, 6.45) is 2.04. The van der Waals surface area contributed by atoms with Gasteiger partial charge in [0.1, 0.15) is 5.01 Å². The second kappa shape index (κ2) is 7.40. The standard InChI is InChI=1S/C16H17BrN4O2S/c1-2-5-13-19-20-16(24-13)18-15(23)10-8-14(22)21(9-10)12-7-4-3-6-11(12)17/h3-4,6-7,10H,2,5,8-9H2,1H3,(H,18,20,23). The molecule has 1 aromatic heterocycles. The van der Waals surface area contributed by atoms with Gasteiger partial charge in [0.2, 0.25) is 16.9 Å². The molecule has 6 nitrogen and oxygen atoms in total. The minimum atomic E-state index is -0.386. The van der Waals surface area contributed by atoms with Gasteiger partial charge in [0.05, 0.1) is 11.6 Å². The third-order valence-corrected chi connectivity index (χ3v) is 5.37. The summed E-state index contributed by atoms with van der Waals surface area (Å²) in [6.45, 7) is 2.44. The minimum Gasteiger partial charge on any atom is -0.310 e. The zero-order valence-electron chi connectivity index (χ0n) is 13.2. The van der Waals surface area contributed by atoms with E-state index < -0.39 is 0 Å². The van der Waals surface area contributed by atoms with Gasteiger partial charge in [-0.3, -0.25) is 9.59 Å². The lowest BCUT2D eigenvalue weighted by Gasteiger charge is -2.18. The van der Waals surface area contributed by atoms with E-state index in [9.17, 15) is 9.59 Å². The van der Waals surface area contributed by atoms with Crippen LogP contribution in [0.3, 0.4) is 0 Å². The highest BCUT2D eigenvalue weighted by Crippen LogP contribution is 2.31. The van der Waals surface area contributed by atoms with Crippen molar-refractivity contribution < 1.29 is 9.59 Å². The lowest BCUT2D eigenvalue weighted by molar-refractivity contribution is -0.122. The van der Waals surface area contributed by atoms with Crippen molar-refractivity contribution in [2.45, 2.75) is 26.2 Å². The fraction of sp³-hybridized carbons (Fsp3) is 0.375. The molecule has 1 N–H and O–H groups in total. The third-order valence-electron chi connectivity index (χ3n) is 3.80. The van der Waals surface area contributed by atoms with Crippen molar-refractivity contribution in [3.63, 3.8) is 0 Å². The number of amides is 2. The maximum atomic E-state index is 12.4. The third kappa shape index (κ3) is 3.64. The second-order valence-electron chi connectivity index (χ2n) is 5.60. The van der Waals surface area contributed by atoms with Crippen LogP contribution in [0.15, 0.2) is 28.7 Å². The van der Waals surface area contributed by atoms with Gasteiger partial charge in [0.25, 0.3) is 0 Å². The highest BCUT2D eigenvalue weighted by Gasteiger charge is 2.36. The number of anilines is 2. The van der Waals surface area contributed by atoms with E-state index in [1.165, 1.54) is 11.3 Å². The summed E-state index contributed by atoms with van der Waals surface area (Å²) < 4.78 is 0.840. The van der Waals surface area contributed by atoms with Crippen molar-refractivity contribution >= 4 is 49.9 Å². The molecule has 0 aliphatic carbocycles. The zero-order chi connectivity index (χ0) is 17.1. The Morgan fingerprint density at radius 1 is 1.42 bits per heavy atom. The minimum absolute atomic E-state index is 0.0500. The van der Waals surface area contributed by atoms with E-state index in [4.69, 9.17) is 0 Å². The maximum Gasteiger partial charge on any atom is 0.231 e. The number of nitrogens with zero attached hydrogens (tertiary/aromatic N) is 3. The Balaban J connectivity index is 1.66. The molecule has 0 saturated carbocycles. The van der Waals surface area contributed by atoms with Gasteiger partial charge in [-0.05, 0) is 34.5 Å². The molecule has 0 radical (unpaired) electrons. The van der Waals surface area contributed by atoms with Crippen LogP contribution in [-0.2, 0) is 16.0 Å². The number of aromatic nitrogens is 2. The van der Waals surface area contributed by atoms with Crippen LogP contribution in [0, 0.1) is 5.92 Å². The molecule has 1 aliphatic rings. The largest absolute Gasteiger partial charge is 0.310 e. The van der Waals surface area contributed by atoms with Crippen LogP contribution in [0.25, 0.3) is 0 Å². The number of nitrogens with one attached hydrogen (secondary N) is 1. The molecule has 2 amide bonds. The van der Waals surface area contributed by atoms with Crippen LogP contribution in [-0.4, -0.2) is 28.6 Å². The average Bonchev–Trinajstić information content (AvgIpc) is 3.15. The molecule has 126 valence electrons. The molecule has 1 saturated heterocycles. The van der Waals surface area contributed by atoms with Crippen molar-refractivity contribution in [2.75, 3.05) is 16.8 Å². The summed E-state index contributed by atoms with van der Waals surface area (Å²) in [5.41, 5.74) is 0.791. The number of benzene rings is 1. The highest BCUT2D eigenvalue weighted by atomic mass is 79.9. The van der Waals surface area contributed by atoms with Crippen LogP contribution in [0.4, 0.5) is 10.8 Å². The molecular weight excluding hydrogens is 392 g/mol. The van der Waals surface area contributed by atoms with Gasteiger partial charge in [-0.15, -0.1) is 10.2 Å². The molecule has 0 spiro atoms. The average molecular weight is 409 g/mol. The van der Waals surface area contributed by atoms with E-state index in [0.29, 0.717) is 11.7 Å². The van der Waals surface area contributed by atoms with Gasteiger partial charge in [-0.25, -0.2) is 0 Å². The first-order chi connectivity index (χ1) is 11.6. The summed E-state index contributed by atoms with van der Waals surface area (Å²) in [5, 5.41) is 12.2. The van der Waals surface area contributed by atoms with Crippen LogP contribution in [0.1, 0.15) is 24.8 Å². The molecule has 1 aliphatic heterocycles. The Morgan fingerprint density at radius 3 is 2.96 bits per heavy atom. The van der Waals surface area contributed by atoms with Gasteiger partial charge in [-0.1, -0.05) is 30.4 Å². The number of para-hydroxylation sites is 1. The van der Waals surface area contributed by atoms with Gasteiger partial charge in [-0.2, -0.15) is 0 Å². The molecule has 1 unspecified atom stereocenters. The van der Waals surface area contributed by atoms with E-state index in [1.807, 2.05) is 24.3 Å². The highest BCUT2D eigenvalue weighted by molar-refractivity contribution is 9.10. The topological polar surface area (TPSA) is 75.2 Å². The molecule has 1 atom stereocenters. The molecule has 1 fully saturated rings. The number of hydrogen-bond donors (Lipinski definition) is 1. The summed E-state index contributed by atoms with van der Waals surface area (Å²) in [4.78, 5) is 26.4. The molecule has 1 aromatic carbocycles. The monoisotopic (exact) mass is 408 g/mol. The molecular formula is C16H17BrN4O2S.